The minimum Gasteiger partial charge on any atom is -0.301 e. The fraction of sp³-hybridized carbons (Fsp3) is 0.450. The minimum absolute atomic E-state index is 0.687. The molecule has 0 aliphatic carbocycles. The highest BCUT2D eigenvalue weighted by molar-refractivity contribution is 7.15. The molecule has 1 saturated heterocycles. The average Bonchev–Trinajstić information content (AvgIpc) is 3.09. The summed E-state index contributed by atoms with van der Waals surface area (Å²) in [6.45, 7) is 6.67. The van der Waals surface area contributed by atoms with E-state index in [1.54, 1.807) is 0 Å². The van der Waals surface area contributed by atoms with Crippen LogP contribution in [0.4, 0.5) is 0 Å². The topological polar surface area (TPSA) is 30.3 Å². The second-order valence-corrected chi connectivity index (χ2v) is 8.05. The number of unbranched alkanes of at least 4 members (excludes halogenated alkanes) is 2. The summed E-state index contributed by atoms with van der Waals surface area (Å²) >= 11 is 8.15. The molecule has 0 saturated carbocycles. The van der Waals surface area contributed by atoms with Crippen LogP contribution in [0.1, 0.15) is 24.1 Å². The molecule has 0 atom stereocenters. The molecule has 3 nitrogen and oxygen atoms in total. The third-order valence-corrected chi connectivity index (χ3v) is 6.09. The van der Waals surface area contributed by atoms with Crippen LogP contribution in [0.25, 0.3) is 10.4 Å². The number of hydrogen-bond donors (Lipinski definition) is 0. The van der Waals surface area contributed by atoms with Gasteiger partial charge in [0.15, 0.2) is 0 Å². The quantitative estimate of drug-likeness (QED) is 0.648. The fourth-order valence-electron chi connectivity index (χ4n) is 3.20. The SMILES string of the molecule is N#CCCCCN1CCN(Cc2ccc(-c3ccccc3Cl)s2)CC1. The molecule has 3 rings (SSSR count). The van der Waals surface area contributed by atoms with Crippen molar-refractivity contribution in [3.8, 4) is 16.5 Å². The van der Waals surface area contributed by atoms with Crippen molar-refractivity contribution in [3.05, 3.63) is 46.3 Å². The van der Waals surface area contributed by atoms with Gasteiger partial charge in [-0.1, -0.05) is 29.8 Å². The van der Waals surface area contributed by atoms with Gasteiger partial charge < -0.3 is 4.90 Å². The van der Waals surface area contributed by atoms with E-state index in [-0.39, 0.29) is 0 Å². The number of nitriles is 1. The van der Waals surface area contributed by atoms with E-state index >= 15 is 0 Å². The Hall–Kier alpha value is -1.38. The zero-order valence-electron chi connectivity index (χ0n) is 14.5. The molecule has 1 aliphatic rings. The fourth-order valence-corrected chi connectivity index (χ4v) is 4.58. The molecular weight excluding hydrogens is 350 g/mol. The second kappa shape index (κ2) is 9.35. The lowest BCUT2D eigenvalue weighted by Crippen LogP contribution is -2.45. The van der Waals surface area contributed by atoms with Crippen LogP contribution >= 0.6 is 22.9 Å². The summed E-state index contributed by atoms with van der Waals surface area (Å²) in [5, 5.41) is 9.41. The third-order valence-electron chi connectivity index (χ3n) is 4.66. The summed E-state index contributed by atoms with van der Waals surface area (Å²) in [4.78, 5) is 7.71. The van der Waals surface area contributed by atoms with Gasteiger partial charge in [-0.25, -0.2) is 0 Å². The van der Waals surface area contributed by atoms with Crippen molar-refractivity contribution in [2.45, 2.75) is 25.8 Å². The molecule has 1 aromatic heterocycles. The highest BCUT2D eigenvalue weighted by Crippen LogP contribution is 2.33. The summed E-state index contributed by atoms with van der Waals surface area (Å²) in [6, 6.07) is 14.7. The Labute approximate surface area is 159 Å². The second-order valence-electron chi connectivity index (χ2n) is 6.48. The number of benzene rings is 1. The van der Waals surface area contributed by atoms with Gasteiger partial charge in [0.2, 0.25) is 0 Å². The van der Waals surface area contributed by atoms with E-state index < -0.39 is 0 Å². The first kappa shape index (κ1) is 18.4. The van der Waals surface area contributed by atoms with E-state index in [9.17, 15) is 0 Å². The monoisotopic (exact) mass is 373 g/mol. The standard InChI is InChI=1S/C20H24ClN3S/c21-19-7-3-2-6-18(19)20-9-8-17(25-20)16-24-14-12-23(13-15-24)11-5-1-4-10-22/h2-3,6-9H,1,4-5,11-16H2. The third kappa shape index (κ3) is 5.29. The van der Waals surface area contributed by atoms with Crippen molar-refractivity contribution in [1.29, 1.82) is 5.26 Å². The van der Waals surface area contributed by atoms with E-state index in [1.165, 1.54) is 9.75 Å². The Morgan fingerprint density at radius 1 is 1.00 bits per heavy atom. The van der Waals surface area contributed by atoms with Gasteiger partial charge >= 0.3 is 0 Å². The van der Waals surface area contributed by atoms with Crippen LogP contribution in [0.15, 0.2) is 36.4 Å². The summed E-state index contributed by atoms with van der Waals surface area (Å²) in [5.41, 5.74) is 1.13. The van der Waals surface area contributed by atoms with Crippen LogP contribution in [-0.2, 0) is 6.54 Å². The van der Waals surface area contributed by atoms with Crippen molar-refractivity contribution in [2.75, 3.05) is 32.7 Å². The molecule has 0 radical (unpaired) electrons. The van der Waals surface area contributed by atoms with Crippen LogP contribution in [0, 0.1) is 11.3 Å². The first-order chi connectivity index (χ1) is 12.3. The molecule has 132 valence electrons. The van der Waals surface area contributed by atoms with E-state index in [1.807, 2.05) is 29.5 Å². The lowest BCUT2D eigenvalue weighted by molar-refractivity contribution is 0.126. The zero-order valence-corrected chi connectivity index (χ0v) is 16.0. The molecule has 0 N–H and O–H groups in total. The smallest absolute Gasteiger partial charge is 0.0621 e. The van der Waals surface area contributed by atoms with Crippen molar-refractivity contribution >= 4 is 22.9 Å². The number of thiophene rings is 1. The molecule has 25 heavy (non-hydrogen) atoms. The Morgan fingerprint density at radius 3 is 2.52 bits per heavy atom. The number of rotatable bonds is 7. The molecule has 0 spiro atoms. The average molecular weight is 374 g/mol. The summed E-state index contributed by atoms with van der Waals surface area (Å²) < 4.78 is 0. The van der Waals surface area contributed by atoms with Crippen molar-refractivity contribution in [1.82, 2.24) is 9.80 Å². The van der Waals surface area contributed by atoms with Crippen molar-refractivity contribution < 1.29 is 0 Å². The van der Waals surface area contributed by atoms with Gasteiger partial charge in [-0.05, 0) is 37.6 Å². The Balaban J connectivity index is 1.47. The maximum absolute atomic E-state index is 8.59. The molecule has 1 aromatic carbocycles. The maximum atomic E-state index is 8.59. The first-order valence-electron chi connectivity index (χ1n) is 8.91. The summed E-state index contributed by atoms with van der Waals surface area (Å²) in [7, 11) is 0. The highest BCUT2D eigenvalue weighted by Gasteiger charge is 2.17. The van der Waals surface area contributed by atoms with E-state index in [2.05, 4.69) is 34.1 Å². The lowest BCUT2D eigenvalue weighted by atomic mass is 10.2. The van der Waals surface area contributed by atoms with Crippen molar-refractivity contribution in [3.63, 3.8) is 0 Å². The molecule has 2 aromatic rings. The molecule has 2 heterocycles. The van der Waals surface area contributed by atoms with Gasteiger partial charge in [-0.15, -0.1) is 11.3 Å². The maximum Gasteiger partial charge on any atom is 0.0621 e. The largest absolute Gasteiger partial charge is 0.301 e. The molecular formula is C20H24ClN3S. The first-order valence-corrected chi connectivity index (χ1v) is 10.1. The minimum atomic E-state index is 0.687. The molecule has 1 aliphatic heterocycles. The summed E-state index contributed by atoms with van der Waals surface area (Å²) in [5.74, 6) is 0. The van der Waals surface area contributed by atoms with E-state index in [4.69, 9.17) is 16.9 Å². The van der Waals surface area contributed by atoms with Crippen LogP contribution in [-0.4, -0.2) is 42.5 Å². The molecule has 5 heteroatoms. The van der Waals surface area contributed by atoms with Gasteiger partial charge in [0.1, 0.15) is 0 Å². The number of halogens is 1. The Bertz CT molecular complexity index is 714. The molecule has 0 unspecified atom stereocenters. The normalized spacial score (nSPS) is 16.0. The van der Waals surface area contributed by atoms with Crippen LogP contribution in [0.3, 0.4) is 0 Å². The van der Waals surface area contributed by atoms with E-state index in [0.717, 1.165) is 62.7 Å². The van der Waals surface area contributed by atoms with Crippen molar-refractivity contribution in [2.24, 2.45) is 0 Å². The zero-order chi connectivity index (χ0) is 17.5. The summed E-state index contributed by atoms with van der Waals surface area (Å²) in [6.07, 6.45) is 2.85. The number of nitrogens with zero attached hydrogens (tertiary/aromatic N) is 3. The lowest BCUT2D eigenvalue weighted by Gasteiger charge is -2.34. The van der Waals surface area contributed by atoms with Gasteiger partial charge in [0.05, 0.1) is 6.07 Å². The Morgan fingerprint density at radius 2 is 1.76 bits per heavy atom. The predicted molar refractivity (Wildman–Crippen MR) is 106 cm³/mol. The molecule has 1 fully saturated rings. The molecule has 0 amide bonds. The van der Waals surface area contributed by atoms with E-state index in [0.29, 0.717) is 6.42 Å². The number of hydrogen-bond acceptors (Lipinski definition) is 4. The van der Waals surface area contributed by atoms with Crippen LogP contribution in [0.5, 0.6) is 0 Å². The van der Waals surface area contributed by atoms with Gasteiger partial charge in [0, 0.05) is 59.5 Å². The Kier molecular flexibility index (Phi) is 6.89. The number of piperazine rings is 1. The van der Waals surface area contributed by atoms with Crippen LogP contribution in [0.2, 0.25) is 5.02 Å². The van der Waals surface area contributed by atoms with Gasteiger partial charge in [0.25, 0.3) is 0 Å². The van der Waals surface area contributed by atoms with Gasteiger partial charge in [-0.2, -0.15) is 5.26 Å². The molecule has 0 bridgehead atoms. The van der Waals surface area contributed by atoms with Gasteiger partial charge in [-0.3, -0.25) is 4.90 Å². The van der Waals surface area contributed by atoms with Crippen LogP contribution < -0.4 is 0 Å². The highest BCUT2D eigenvalue weighted by atomic mass is 35.5. The predicted octanol–water partition coefficient (Wildman–Crippen LogP) is 4.88.